The lowest BCUT2D eigenvalue weighted by Gasteiger charge is -2.29. The minimum Gasteiger partial charge on any atom is -0.391 e. The van der Waals surface area contributed by atoms with E-state index in [4.69, 9.17) is 0 Å². The van der Waals surface area contributed by atoms with Gasteiger partial charge in [0.15, 0.2) is 0 Å². The van der Waals surface area contributed by atoms with Gasteiger partial charge in [-0.15, -0.1) is 0 Å². The van der Waals surface area contributed by atoms with Crippen molar-refractivity contribution in [2.24, 2.45) is 0 Å². The van der Waals surface area contributed by atoms with Crippen LogP contribution in [0.1, 0.15) is 31.2 Å². The number of pyridine rings is 1. The zero-order chi connectivity index (χ0) is 13.1. The van der Waals surface area contributed by atoms with Crippen molar-refractivity contribution in [2.75, 3.05) is 5.32 Å². The van der Waals surface area contributed by atoms with Crippen molar-refractivity contribution >= 4 is 11.5 Å². The molecule has 2 N–H and O–H groups in total. The lowest BCUT2D eigenvalue weighted by Crippen LogP contribution is -2.36. The van der Waals surface area contributed by atoms with Gasteiger partial charge in [0.25, 0.3) is 5.69 Å². The van der Waals surface area contributed by atoms with E-state index < -0.39 is 4.92 Å². The molecule has 0 spiro atoms. The number of hydrogen-bond acceptors (Lipinski definition) is 5. The summed E-state index contributed by atoms with van der Waals surface area (Å²) in [5.74, 6) is 0.617. The number of nitrogens with one attached hydrogen (secondary N) is 1. The van der Waals surface area contributed by atoms with Gasteiger partial charge in [0.1, 0.15) is 12.0 Å². The van der Waals surface area contributed by atoms with Gasteiger partial charge in [0, 0.05) is 6.07 Å². The Labute approximate surface area is 105 Å². The van der Waals surface area contributed by atoms with Crippen molar-refractivity contribution in [3.63, 3.8) is 0 Å². The largest absolute Gasteiger partial charge is 0.391 e. The molecule has 0 bridgehead atoms. The number of nitrogens with zero attached hydrogens (tertiary/aromatic N) is 2. The molecule has 1 heterocycles. The number of aryl methyl sites for hydroxylation is 1. The summed E-state index contributed by atoms with van der Waals surface area (Å²) in [4.78, 5) is 14.2. The maximum atomic E-state index is 10.6. The lowest BCUT2D eigenvalue weighted by atomic mass is 9.92. The Morgan fingerprint density at radius 2 is 2.22 bits per heavy atom. The highest BCUT2D eigenvalue weighted by Crippen LogP contribution is 2.24. The molecule has 1 aliphatic carbocycles. The SMILES string of the molecule is Cc1cc([N+](=O)[O-])cnc1NC1CCCCC1O. The van der Waals surface area contributed by atoms with Crippen LogP contribution >= 0.6 is 0 Å². The summed E-state index contributed by atoms with van der Waals surface area (Å²) in [7, 11) is 0. The van der Waals surface area contributed by atoms with Gasteiger partial charge in [0.2, 0.25) is 0 Å². The standard InChI is InChI=1S/C12H17N3O3/c1-8-6-9(15(17)18)7-13-12(8)14-10-4-2-3-5-11(10)16/h6-7,10-11,16H,2-5H2,1H3,(H,13,14). The molecule has 18 heavy (non-hydrogen) atoms. The van der Waals surface area contributed by atoms with E-state index in [2.05, 4.69) is 10.3 Å². The number of nitro groups is 1. The van der Waals surface area contributed by atoms with Crippen LogP contribution in [0.3, 0.4) is 0 Å². The summed E-state index contributed by atoms with van der Waals surface area (Å²) < 4.78 is 0. The molecule has 0 aliphatic heterocycles. The number of aromatic nitrogens is 1. The van der Waals surface area contributed by atoms with E-state index >= 15 is 0 Å². The molecule has 0 amide bonds. The van der Waals surface area contributed by atoms with E-state index in [0.29, 0.717) is 5.82 Å². The predicted octanol–water partition coefficient (Wildman–Crippen LogP) is 2.01. The van der Waals surface area contributed by atoms with Crippen molar-refractivity contribution in [3.05, 3.63) is 27.9 Å². The molecule has 0 radical (unpaired) electrons. The molecular weight excluding hydrogens is 234 g/mol. The monoisotopic (exact) mass is 251 g/mol. The summed E-state index contributed by atoms with van der Waals surface area (Å²) >= 11 is 0. The molecule has 6 nitrogen and oxygen atoms in total. The van der Waals surface area contributed by atoms with Crippen molar-refractivity contribution in [2.45, 2.75) is 44.8 Å². The van der Waals surface area contributed by atoms with E-state index in [1.54, 1.807) is 6.92 Å². The van der Waals surface area contributed by atoms with E-state index in [1.807, 2.05) is 0 Å². The molecule has 1 aromatic heterocycles. The van der Waals surface area contributed by atoms with Crippen LogP contribution in [-0.2, 0) is 0 Å². The van der Waals surface area contributed by atoms with E-state index in [-0.39, 0.29) is 17.8 Å². The van der Waals surface area contributed by atoms with Crippen LogP contribution in [-0.4, -0.2) is 27.2 Å². The number of anilines is 1. The Hall–Kier alpha value is -1.69. The fourth-order valence-corrected chi connectivity index (χ4v) is 2.27. The lowest BCUT2D eigenvalue weighted by molar-refractivity contribution is -0.385. The molecule has 1 fully saturated rings. The molecule has 2 unspecified atom stereocenters. The maximum Gasteiger partial charge on any atom is 0.287 e. The molecule has 2 rings (SSSR count). The van der Waals surface area contributed by atoms with Crippen molar-refractivity contribution in [1.29, 1.82) is 0 Å². The molecule has 0 aromatic carbocycles. The second kappa shape index (κ2) is 5.30. The first-order valence-corrected chi connectivity index (χ1v) is 6.13. The summed E-state index contributed by atoms with van der Waals surface area (Å²) in [6.07, 6.45) is 4.70. The zero-order valence-electron chi connectivity index (χ0n) is 10.3. The van der Waals surface area contributed by atoms with E-state index in [0.717, 1.165) is 31.2 Å². The third kappa shape index (κ3) is 2.76. The van der Waals surface area contributed by atoms with Crippen LogP contribution in [0.4, 0.5) is 11.5 Å². The van der Waals surface area contributed by atoms with Crippen LogP contribution in [0.2, 0.25) is 0 Å². The summed E-state index contributed by atoms with van der Waals surface area (Å²) in [5, 5.41) is 23.7. The number of aliphatic hydroxyl groups excluding tert-OH is 1. The zero-order valence-corrected chi connectivity index (χ0v) is 10.3. The molecule has 1 aliphatic rings. The molecule has 1 aromatic rings. The van der Waals surface area contributed by atoms with Gasteiger partial charge in [-0.3, -0.25) is 10.1 Å². The van der Waals surface area contributed by atoms with Gasteiger partial charge in [0.05, 0.1) is 17.1 Å². The first-order chi connectivity index (χ1) is 8.58. The first-order valence-electron chi connectivity index (χ1n) is 6.13. The van der Waals surface area contributed by atoms with Gasteiger partial charge in [-0.2, -0.15) is 0 Å². The Morgan fingerprint density at radius 3 is 2.83 bits per heavy atom. The average Bonchev–Trinajstić information content (AvgIpc) is 2.34. The van der Waals surface area contributed by atoms with Crippen LogP contribution < -0.4 is 5.32 Å². The molecule has 2 atom stereocenters. The van der Waals surface area contributed by atoms with E-state index in [1.165, 1.54) is 12.3 Å². The number of hydrogen-bond donors (Lipinski definition) is 2. The molecule has 0 saturated heterocycles. The molecule has 98 valence electrons. The molecule has 1 saturated carbocycles. The van der Waals surface area contributed by atoms with Crippen molar-refractivity contribution in [3.8, 4) is 0 Å². The third-order valence-corrected chi connectivity index (χ3v) is 3.33. The Bertz CT molecular complexity index is 450. The normalized spacial score (nSPS) is 23.7. The van der Waals surface area contributed by atoms with E-state index in [9.17, 15) is 15.2 Å². The Morgan fingerprint density at radius 1 is 1.50 bits per heavy atom. The highest BCUT2D eigenvalue weighted by atomic mass is 16.6. The maximum absolute atomic E-state index is 10.6. The van der Waals surface area contributed by atoms with Crippen LogP contribution in [0.25, 0.3) is 0 Å². The highest BCUT2D eigenvalue weighted by Gasteiger charge is 2.23. The van der Waals surface area contributed by atoms with Crippen LogP contribution in [0.15, 0.2) is 12.3 Å². The van der Waals surface area contributed by atoms with Gasteiger partial charge in [-0.05, 0) is 25.3 Å². The van der Waals surface area contributed by atoms with Crippen molar-refractivity contribution < 1.29 is 10.0 Å². The van der Waals surface area contributed by atoms with Gasteiger partial charge in [-0.25, -0.2) is 4.98 Å². The average molecular weight is 251 g/mol. The third-order valence-electron chi connectivity index (χ3n) is 3.33. The smallest absolute Gasteiger partial charge is 0.287 e. The van der Waals surface area contributed by atoms with Gasteiger partial charge < -0.3 is 10.4 Å². The minimum absolute atomic E-state index is 0.00796. The molecular formula is C12H17N3O3. The number of rotatable bonds is 3. The summed E-state index contributed by atoms with van der Waals surface area (Å²) in [6.45, 7) is 1.78. The van der Waals surface area contributed by atoms with Gasteiger partial charge >= 0.3 is 0 Å². The molecule has 6 heteroatoms. The fourth-order valence-electron chi connectivity index (χ4n) is 2.27. The summed E-state index contributed by atoms with van der Waals surface area (Å²) in [6, 6.07) is 1.48. The fraction of sp³-hybridized carbons (Fsp3) is 0.583. The van der Waals surface area contributed by atoms with Crippen LogP contribution in [0.5, 0.6) is 0 Å². The highest BCUT2D eigenvalue weighted by molar-refractivity contribution is 5.49. The first kappa shape index (κ1) is 12.8. The second-order valence-corrected chi connectivity index (χ2v) is 4.72. The quantitative estimate of drug-likeness (QED) is 0.633. The van der Waals surface area contributed by atoms with Crippen molar-refractivity contribution in [1.82, 2.24) is 4.98 Å². The second-order valence-electron chi connectivity index (χ2n) is 4.72. The predicted molar refractivity (Wildman–Crippen MR) is 67.5 cm³/mol. The van der Waals surface area contributed by atoms with Gasteiger partial charge in [-0.1, -0.05) is 12.8 Å². The Kier molecular flexibility index (Phi) is 3.76. The Balaban J connectivity index is 2.11. The minimum atomic E-state index is -0.459. The number of aliphatic hydroxyl groups is 1. The topological polar surface area (TPSA) is 88.3 Å². The summed E-state index contributed by atoms with van der Waals surface area (Å²) in [5.41, 5.74) is 0.712. The van der Waals surface area contributed by atoms with Crippen LogP contribution in [0, 0.1) is 17.0 Å².